The minimum absolute atomic E-state index is 0.287. The number of rotatable bonds is 4. The second kappa shape index (κ2) is 5.13. The normalized spacial score (nSPS) is 27.2. The van der Waals surface area contributed by atoms with E-state index in [9.17, 15) is 5.11 Å². The van der Waals surface area contributed by atoms with Crippen molar-refractivity contribution in [2.75, 3.05) is 6.54 Å². The van der Waals surface area contributed by atoms with Gasteiger partial charge in [0.1, 0.15) is 0 Å². The summed E-state index contributed by atoms with van der Waals surface area (Å²) in [5.41, 5.74) is 0.206. The monoisotopic (exact) mass is 255 g/mol. The fraction of sp³-hybridized carbons (Fsp3) is 1.00. The van der Waals surface area contributed by atoms with Gasteiger partial charge in [0.15, 0.2) is 0 Å². The molecule has 0 aromatic carbocycles. The Kier molecular flexibility index (Phi) is 4.55. The molecule has 1 saturated carbocycles. The van der Waals surface area contributed by atoms with Crippen molar-refractivity contribution in [1.29, 1.82) is 0 Å². The zero-order chi connectivity index (χ0) is 14.2. The molecule has 0 aliphatic heterocycles. The summed E-state index contributed by atoms with van der Waals surface area (Å²) in [5, 5.41) is 13.9. The molecule has 0 bridgehead atoms. The average Bonchev–Trinajstić information content (AvgIpc) is 2.09. The zero-order valence-corrected chi connectivity index (χ0v) is 13.4. The summed E-state index contributed by atoms with van der Waals surface area (Å²) in [7, 11) is 0. The van der Waals surface area contributed by atoms with Crippen LogP contribution in [-0.4, -0.2) is 23.3 Å². The Morgan fingerprint density at radius 2 is 1.61 bits per heavy atom. The zero-order valence-electron chi connectivity index (χ0n) is 13.4. The Labute approximate surface area is 114 Å². The molecule has 0 radical (unpaired) electrons. The highest BCUT2D eigenvalue weighted by atomic mass is 16.3. The molecular weight excluding hydrogens is 222 g/mol. The van der Waals surface area contributed by atoms with Crippen LogP contribution in [0.5, 0.6) is 0 Å². The molecule has 1 aliphatic carbocycles. The third-order valence-corrected chi connectivity index (χ3v) is 4.55. The average molecular weight is 255 g/mol. The second-order valence-corrected chi connectivity index (χ2v) is 8.50. The van der Waals surface area contributed by atoms with Crippen LogP contribution < -0.4 is 5.32 Å². The quantitative estimate of drug-likeness (QED) is 0.804. The van der Waals surface area contributed by atoms with Gasteiger partial charge in [-0.3, -0.25) is 0 Å². The lowest BCUT2D eigenvalue weighted by Gasteiger charge is -2.46. The van der Waals surface area contributed by atoms with Gasteiger partial charge in [0.05, 0.1) is 5.60 Å². The summed E-state index contributed by atoms with van der Waals surface area (Å²) >= 11 is 0. The lowest BCUT2D eigenvalue weighted by atomic mass is 9.63. The SMILES string of the molecule is CC(C)C(C)(O)CNC1CC(C)(C)CC(C)(C)C1. The molecule has 1 fully saturated rings. The number of hydrogen-bond donors (Lipinski definition) is 2. The molecule has 2 nitrogen and oxygen atoms in total. The molecular formula is C16H33NO. The molecule has 0 spiro atoms. The summed E-state index contributed by atoms with van der Waals surface area (Å²) in [6.45, 7) is 16.2. The van der Waals surface area contributed by atoms with E-state index >= 15 is 0 Å². The van der Waals surface area contributed by atoms with E-state index in [0.717, 1.165) is 0 Å². The van der Waals surface area contributed by atoms with Crippen LogP contribution >= 0.6 is 0 Å². The Hall–Kier alpha value is -0.0800. The van der Waals surface area contributed by atoms with Crippen molar-refractivity contribution in [1.82, 2.24) is 5.32 Å². The van der Waals surface area contributed by atoms with E-state index in [-0.39, 0.29) is 5.92 Å². The van der Waals surface area contributed by atoms with Crippen molar-refractivity contribution in [2.45, 2.75) is 79.4 Å². The van der Waals surface area contributed by atoms with Crippen molar-refractivity contribution in [3.63, 3.8) is 0 Å². The highest BCUT2D eigenvalue weighted by Gasteiger charge is 2.39. The minimum Gasteiger partial charge on any atom is -0.389 e. The molecule has 0 aromatic rings. The molecule has 0 saturated heterocycles. The summed E-state index contributed by atoms with van der Waals surface area (Å²) in [6.07, 6.45) is 3.72. The number of aliphatic hydroxyl groups is 1. The third-order valence-electron chi connectivity index (χ3n) is 4.55. The Bertz CT molecular complexity index is 263. The molecule has 1 atom stereocenters. The van der Waals surface area contributed by atoms with Gasteiger partial charge in [-0.2, -0.15) is 0 Å². The molecule has 1 aliphatic rings. The van der Waals surface area contributed by atoms with Gasteiger partial charge < -0.3 is 10.4 Å². The lowest BCUT2D eigenvalue weighted by molar-refractivity contribution is 0.00279. The topological polar surface area (TPSA) is 32.3 Å². The molecule has 0 heterocycles. The van der Waals surface area contributed by atoms with E-state index in [1.54, 1.807) is 0 Å². The van der Waals surface area contributed by atoms with Crippen LogP contribution in [0.1, 0.15) is 67.7 Å². The van der Waals surface area contributed by atoms with Crippen LogP contribution in [0.3, 0.4) is 0 Å². The van der Waals surface area contributed by atoms with E-state index in [4.69, 9.17) is 0 Å². The molecule has 2 N–H and O–H groups in total. The van der Waals surface area contributed by atoms with Crippen molar-refractivity contribution >= 4 is 0 Å². The summed E-state index contributed by atoms with van der Waals surface area (Å²) in [5.74, 6) is 0.287. The molecule has 1 unspecified atom stereocenters. The van der Waals surface area contributed by atoms with Gasteiger partial charge in [0, 0.05) is 12.6 Å². The van der Waals surface area contributed by atoms with Gasteiger partial charge in [-0.15, -0.1) is 0 Å². The first-order chi connectivity index (χ1) is 7.94. The molecule has 108 valence electrons. The predicted octanol–water partition coefficient (Wildman–Crippen LogP) is 3.59. The maximum Gasteiger partial charge on any atom is 0.0766 e. The van der Waals surface area contributed by atoms with Crippen LogP contribution in [0, 0.1) is 16.7 Å². The van der Waals surface area contributed by atoms with E-state index in [1.807, 2.05) is 6.92 Å². The van der Waals surface area contributed by atoms with Crippen molar-refractivity contribution < 1.29 is 5.11 Å². The van der Waals surface area contributed by atoms with Gasteiger partial charge in [-0.05, 0) is 42.9 Å². The molecule has 0 aromatic heterocycles. The van der Waals surface area contributed by atoms with E-state index < -0.39 is 5.60 Å². The first-order valence-electron chi connectivity index (χ1n) is 7.39. The van der Waals surface area contributed by atoms with Crippen molar-refractivity contribution in [3.8, 4) is 0 Å². The van der Waals surface area contributed by atoms with Gasteiger partial charge >= 0.3 is 0 Å². The van der Waals surface area contributed by atoms with Crippen LogP contribution in [0.4, 0.5) is 0 Å². The second-order valence-electron chi connectivity index (χ2n) is 8.50. The van der Waals surface area contributed by atoms with Crippen LogP contribution in [0.25, 0.3) is 0 Å². The van der Waals surface area contributed by atoms with Gasteiger partial charge in [-0.1, -0.05) is 41.5 Å². The smallest absolute Gasteiger partial charge is 0.0766 e. The molecule has 0 amide bonds. The highest BCUT2D eigenvalue weighted by Crippen LogP contribution is 2.45. The van der Waals surface area contributed by atoms with Gasteiger partial charge in [-0.25, -0.2) is 0 Å². The summed E-state index contributed by atoms with van der Waals surface area (Å²) < 4.78 is 0. The third kappa shape index (κ3) is 4.55. The highest BCUT2D eigenvalue weighted by molar-refractivity contribution is 4.93. The Morgan fingerprint density at radius 3 is 2.00 bits per heavy atom. The van der Waals surface area contributed by atoms with E-state index in [1.165, 1.54) is 19.3 Å². The standard InChI is InChI=1S/C16H33NO/c1-12(2)16(7,18)11-17-13-8-14(3,4)10-15(5,6)9-13/h12-13,17-18H,8-11H2,1-7H3. The predicted molar refractivity (Wildman–Crippen MR) is 78.7 cm³/mol. The molecule has 1 rings (SSSR count). The lowest BCUT2D eigenvalue weighted by Crippen LogP contribution is -2.50. The van der Waals surface area contributed by atoms with Crippen LogP contribution in [-0.2, 0) is 0 Å². The Balaban J connectivity index is 2.57. The maximum absolute atomic E-state index is 10.3. The summed E-state index contributed by atoms with van der Waals surface area (Å²) in [4.78, 5) is 0. The van der Waals surface area contributed by atoms with Crippen LogP contribution in [0.15, 0.2) is 0 Å². The van der Waals surface area contributed by atoms with Gasteiger partial charge in [0.2, 0.25) is 0 Å². The van der Waals surface area contributed by atoms with E-state index in [2.05, 4.69) is 46.9 Å². The first-order valence-corrected chi connectivity index (χ1v) is 7.39. The van der Waals surface area contributed by atoms with Gasteiger partial charge in [0.25, 0.3) is 0 Å². The number of hydrogen-bond acceptors (Lipinski definition) is 2. The largest absolute Gasteiger partial charge is 0.389 e. The fourth-order valence-electron chi connectivity index (χ4n) is 3.55. The van der Waals surface area contributed by atoms with Crippen molar-refractivity contribution in [3.05, 3.63) is 0 Å². The molecule has 2 heteroatoms. The molecule has 18 heavy (non-hydrogen) atoms. The Morgan fingerprint density at radius 1 is 1.17 bits per heavy atom. The number of nitrogens with one attached hydrogen (secondary N) is 1. The van der Waals surface area contributed by atoms with E-state index in [0.29, 0.717) is 23.4 Å². The summed E-state index contributed by atoms with van der Waals surface area (Å²) in [6, 6.07) is 0.536. The minimum atomic E-state index is -0.605. The van der Waals surface area contributed by atoms with Crippen LogP contribution in [0.2, 0.25) is 0 Å². The maximum atomic E-state index is 10.3. The first kappa shape index (κ1) is 16.0. The van der Waals surface area contributed by atoms with Crippen molar-refractivity contribution in [2.24, 2.45) is 16.7 Å². The fourth-order valence-corrected chi connectivity index (χ4v) is 3.55.